The van der Waals surface area contributed by atoms with E-state index in [-0.39, 0.29) is 17.9 Å². The number of nitrogens with zero attached hydrogens (tertiary/aromatic N) is 3. The van der Waals surface area contributed by atoms with E-state index in [9.17, 15) is 13.2 Å². The van der Waals surface area contributed by atoms with Crippen molar-refractivity contribution in [3.63, 3.8) is 0 Å². The zero-order valence-electron chi connectivity index (χ0n) is 14.8. The van der Waals surface area contributed by atoms with Gasteiger partial charge in [0.2, 0.25) is 15.9 Å². The molecule has 0 aliphatic carbocycles. The second-order valence-electron chi connectivity index (χ2n) is 6.63. The topological polar surface area (TPSA) is 84.3 Å². The monoisotopic (exact) mass is 376 g/mol. The van der Waals surface area contributed by atoms with Crippen molar-refractivity contribution in [3.05, 3.63) is 48.8 Å². The molecule has 0 saturated carbocycles. The second kappa shape index (κ2) is 8.01. The van der Waals surface area contributed by atoms with Crippen LogP contribution in [0.1, 0.15) is 19.8 Å². The first-order valence-electron chi connectivity index (χ1n) is 8.80. The predicted octanol–water partition coefficient (Wildman–Crippen LogP) is 1.49. The molecule has 3 rings (SSSR count). The van der Waals surface area contributed by atoms with Gasteiger partial charge in [-0.3, -0.25) is 9.48 Å². The van der Waals surface area contributed by atoms with Crippen molar-refractivity contribution in [1.82, 2.24) is 19.4 Å². The van der Waals surface area contributed by atoms with E-state index in [1.807, 2.05) is 19.2 Å². The van der Waals surface area contributed by atoms with Crippen molar-refractivity contribution in [1.29, 1.82) is 0 Å². The number of hydrogen-bond acceptors (Lipinski definition) is 4. The molecular formula is C18H24N4O3S. The van der Waals surface area contributed by atoms with Gasteiger partial charge in [-0.1, -0.05) is 25.1 Å². The van der Waals surface area contributed by atoms with Crippen LogP contribution in [-0.4, -0.2) is 47.5 Å². The summed E-state index contributed by atoms with van der Waals surface area (Å²) >= 11 is 0. The van der Waals surface area contributed by atoms with Crippen molar-refractivity contribution >= 4 is 15.9 Å². The Morgan fingerprint density at radius 2 is 1.92 bits per heavy atom. The van der Waals surface area contributed by atoms with Gasteiger partial charge in [0.1, 0.15) is 0 Å². The maximum Gasteiger partial charge on any atom is 0.243 e. The van der Waals surface area contributed by atoms with E-state index in [2.05, 4.69) is 10.4 Å². The molecule has 1 unspecified atom stereocenters. The molecule has 1 aliphatic heterocycles. The molecule has 1 N–H and O–H groups in total. The Hall–Kier alpha value is -2.19. The van der Waals surface area contributed by atoms with Crippen LogP contribution in [0.4, 0.5) is 0 Å². The van der Waals surface area contributed by atoms with Gasteiger partial charge in [0.05, 0.1) is 17.4 Å². The van der Waals surface area contributed by atoms with Crippen LogP contribution in [0.3, 0.4) is 0 Å². The minimum Gasteiger partial charge on any atom is -0.353 e. The van der Waals surface area contributed by atoms with Gasteiger partial charge in [-0.25, -0.2) is 8.42 Å². The number of aromatic nitrogens is 2. The third kappa shape index (κ3) is 4.31. The first-order valence-corrected chi connectivity index (χ1v) is 10.2. The van der Waals surface area contributed by atoms with E-state index in [1.54, 1.807) is 41.2 Å². The fourth-order valence-corrected chi connectivity index (χ4v) is 4.59. The minimum atomic E-state index is -3.46. The lowest BCUT2D eigenvalue weighted by Gasteiger charge is -2.32. The van der Waals surface area contributed by atoms with E-state index in [1.165, 1.54) is 4.31 Å². The molecule has 1 aromatic carbocycles. The molecule has 0 spiro atoms. The number of rotatable bonds is 6. The summed E-state index contributed by atoms with van der Waals surface area (Å²) in [6.45, 7) is 3.22. The van der Waals surface area contributed by atoms with Crippen molar-refractivity contribution in [3.8, 4) is 0 Å². The smallest absolute Gasteiger partial charge is 0.243 e. The third-order valence-corrected chi connectivity index (χ3v) is 6.56. The fourth-order valence-electron chi connectivity index (χ4n) is 3.10. The van der Waals surface area contributed by atoms with Gasteiger partial charge in [0.25, 0.3) is 0 Å². The normalized spacial score (nSPS) is 17.7. The van der Waals surface area contributed by atoms with E-state index in [0.29, 0.717) is 37.4 Å². The molecular weight excluding hydrogens is 352 g/mol. The Bertz CT molecular complexity index is 813. The zero-order valence-corrected chi connectivity index (χ0v) is 15.6. The van der Waals surface area contributed by atoms with Crippen LogP contribution >= 0.6 is 0 Å². The maximum absolute atomic E-state index is 12.6. The zero-order chi connectivity index (χ0) is 18.6. The summed E-state index contributed by atoms with van der Waals surface area (Å²) in [5.74, 6) is -0.217. The second-order valence-corrected chi connectivity index (χ2v) is 8.57. The molecule has 1 aromatic heterocycles. The Morgan fingerprint density at radius 3 is 2.54 bits per heavy atom. The summed E-state index contributed by atoms with van der Waals surface area (Å²) in [6, 6.07) is 10.3. The highest BCUT2D eigenvalue weighted by molar-refractivity contribution is 7.89. The summed E-state index contributed by atoms with van der Waals surface area (Å²) in [5, 5.41) is 7.16. The molecule has 140 valence electrons. The number of carbonyl (C=O) groups is 1. The van der Waals surface area contributed by atoms with Gasteiger partial charge in [0, 0.05) is 31.5 Å². The molecule has 1 aliphatic rings. The molecule has 1 atom stereocenters. The number of nitrogens with one attached hydrogen (secondary N) is 1. The number of sulfonamides is 1. The van der Waals surface area contributed by atoms with Crippen molar-refractivity contribution < 1.29 is 13.2 Å². The van der Waals surface area contributed by atoms with E-state index >= 15 is 0 Å². The highest BCUT2D eigenvalue weighted by atomic mass is 32.2. The summed E-state index contributed by atoms with van der Waals surface area (Å²) in [4.78, 5) is 12.7. The molecule has 2 heterocycles. The van der Waals surface area contributed by atoms with Gasteiger partial charge in [-0.05, 0) is 31.0 Å². The summed E-state index contributed by atoms with van der Waals surface area (Å²) < 4.78 is 28.5. The molecule has 0 radical (unpaired) electrons. The standard InChI is InChI=1S/C18H24N4O3S/c1-15(14-21-11-5-10-19-21)18(23)20-16-8-12-22(13-9-16)26(24,25)17-6-3-2-4-7-17/h2-7,10-11,15-16H,8-9,12-14H2,1H3,(H,20,23). The first-order chi connectivity index (χ1) is 12.5. The highest BCUT2D eigenvalue weighted by Gasteiger charge is 2.30. The fraction of sp³-hybridized carbons (Fsp3) is 0.444. The van der Waals surface area contributed by atoms with Crippen LogP contribution in [0.2, 0.25) is 0 Å². The molecule has 0 bridgehead atoms. The third-order valence-electron chi connectivity index (χ3n) is 4.65. The highest BCUT2D eigenvalue weighted by Crippen LogP contribution is 2.20. The van der Waals surface area contributed by atoms with Crippen molar-refractivity contribution in [2.24, 2.45) is 5.92 Å². The van der Waals surface area contributed by atoms with Crippen LogP contribution in [0.5, 0.6) is 0 Å². The summed E-state index contributed by atoms with van der Waals surface area (Å²) in [7, 11) is -3.46. The lowest BCUT2D eigenvalue weighted by molar-refractivity contribution is -0.125. The lowest BCUT2D eigenvalue weighted by atomic mass is 10.0. The Kier molecular flexibility index (Phi) is 5.73. The molecule has 2 aromatic rings. The Labute approximate surface area is 154 Å². The van der Waals surface area contributed by atoms with Crippen molar-refractivity contribution in [2.75, 3.05) is 13.1 Å². The minimum absolute atomic E-state index is 0.00444. The van der Waals surface area contributed by atoms with Gasteiger partial charge in [0.15, 0.2) is 0 Å². The van der Waals surface area contributed by atoms with Crippen molar-refractivity contribution in [2.45, 2.75) is 37.2 Å². The SMILES string of the molecule is CC(Cn1cccn1)C(=O)NC1CCN(S(=O)(=O)c2ccccc2)CC1. The van der Waals surface area contributed by atoms with E-state index in [0.717, 1.165) is 0 Å². The van der Waals surface area contributed by atoms with E-state index in [4.69, 9.17) is 0 Å². The number of benzene rings is 1. The predicted molar refractivity (Wildman–Crippen MR) is 97.8 cm³/mol. The average Bonchev–Trinajstić information content (AvgIpc) is 3.16. The quantitative estimate of drug-likeness (QED) is 0.828. The van der Waals surface area contributed by atoms with E-state index < -0.39 is 10.0 Å². The van der Waals surface area contributed by atoms with Gasteiger partial charge < -0.3 is 5.32 Å². The van der Waals surface area contributed by atoms with Crippen LogP contribution < -0.4 is 5.32 Å². The largest absolute Gasteiger partial charge is 0.353 e. The molecule has 26 heavy (non-hydrogen) atoms. The average molecular weight is 376 g/mol. The number of piperidine rings is 1. The molecule has 8 heteroatoms. The summed E-state index contributed by atoms with van der Waals surface area (Å²) in [6.07, 6.45) is 4.75. The van der Waals surface area contributed by atoms with Crippen LogP contribution in [0.15, 0.2) is 53.7 Å². The number of carbonyl (C=O) groups excluding carboxylic acids is 1. The molecule has 7 nitrogen and oxygen atoms in total. The van der Waals surface area contributed by atoms with Gasteiger partial charge in [-0.15, -0.1) is 0 Å². The van der Waals surface area contributed by atoms with Crippen LogP contribution in [0, 0.1) is 5.92 Å². The van der Waals surface area contributed by atoms with Crippen LogP contribution in [0.25, 0.3) is 0 Å². The Morgan fingerprint density at radius 1 is 1.23 bits per heavy atom. The van der Waals surface area contributed by atoms with Crippen LogP contribution in [-0.2, 0) is 21.4 Å². The summed E-state index contributed by atoms with van der Waals surface area (Å²) in [5.41, 5.74) is 0. The van der Waals surface area contributed by atoms with Gasteiger partial charge in [-0.2, -0.15) is 9.40 Å². The lowest BCUT2D eigenvalue weighted by Crippen LogP contribution is -2.47. The number of hydrogen-bond donors (Lipinski definition) is 1. The maximum atomic E-state index is 12.6. The molecule has 1 fully saturated rings. The van der Waals surface area contributed by atoms with Gasteiger partial charge >= 0.3 is 0 Å². The number of amides is 1. The first kappa shape index (κ1) is 18.6. The Balaban J connectivity index is 1.51. The molecule has 1 amide bonds. The molecule has 1 saturated heterocycles.